The van der Waals surface area contributed by atoms with Crippen LogP contribution in [0, 0.1) is 0 Å². The Balaban J connectivity index is 1.93. The number of likely N-dealkylation sites (N-methyl/N-ethyl adjacent to an activating group) is 1. The van der Waals surface area contributed by atoms with Crippen LogP contribution in [0.5, 0.6) is 0 Å². The molecule has 1 aromatic heterocycles. The van der Waals surface area contributed by atoms with Gasteiger partial charge in [-0.2, -0.15) is 0 Å². The lowest BCUT2D eigenvalue weighted by Gasteiger charge is -2.34. The lowest BCUT2D eigenvalue weighted by atomic mass is 9.92. The van der Waals surface area contributed by atoms with Crippen molar-refractivity contribution in [1.82, 2.24) is 15.1 Å². The Morgan fingerprint density at radius 1 is 1.29 bits per heavy atom. The zero-order chi connectivity index (χ0) is 12.3. The number of nitrogens with zero attached hydrogens (tertiary/aromatic N) is 3. The maximum absolute atomic E-state index is 9.96. The van der Waals surface area contributed by atoms with Crippen LogP contribution in [-0.4, -0.2) is 39.4 Å². The van der Waals surface area contributed by atoms with E-state index < -0.39 is 0 Å². The zero-order valence-electron chi connectivity index (χ0n) is 10.6. The average Bonchev–Trinajstić information content (AvgIpc) is 2.77. The second kappa shape index (κ2) is 5.60. The maximum Gasteiger partial charge on any atom is 0.230 e. The van der Waals surface area contributed by atoms with Gasteiger partial charge in [0.15, 0.2) is 0 Å². The normalized spacial score (nSPS) is 25.4. The van der Waals surface area contributed by atoms with E-state index in [4.69, 9.17) is 4.42 Å². The molecule has 0 saturated heterocycles. The van der Waals surface area contributed by atoms with Crippen molar-refractivity contribution in [3.8, 4) is 0 Å². The van der Waals surface area contributed by atoms with Crippen LogP contribution >= 0.6 is 0 Å². The van der Waals surface area contributed by atoms with Crippen molar-refractivity contribution in [3.05, 3.63) is 11.8 Å². The van der Waals surface area contributed by atoms with Gasteiger partial charge in [-0.3, -0.25) is 4.90 Å². The Hall–Kier alpha value is -0.940. The molecule has 2 unspecified atom stereocenters. The van der Waals surface area contributed by atoms with Crippen LogP contribution in [0.1, 0.15) is 44.4 Å². The van der Waals surface area contributed by atoms with E-state index in [1.54, 1.807) is 0 Å². The predicted octanol–water partition coefficient (Wildman–Crippen LogP) is 1.37. The Morgan fingerprint density at radius 3 is 2.65 bits per heavy atom. The van der Waals surface area contributed by atoms with Gasteiger partial charge in [-0.25, -0.2) is 0 Å². The molecule has 1 aromatic rings. The standard InChI is InChI=1S/C12H21N3O2/c1-3-11-13-14-12(17-11)8-15(2)9-6-4-5-7-10(9)16/h9-10,16H,3-8H2,1-2H3. The van der Waals surface area contributed by atoms with Gasteiger partial charge < -0.3 is 9.52 Å². The first-order chi connectivity index (χ1) is 8.20. The van der Waals surface area contributed by atoms with Crippen molar-refractivity contribution in [2.24, 2.45) is 0 Å². The van der Waals surface area contributed by atoms with Crippen LogP contribution in [0.2, 0.25) is 0 Å². The molecule has 2 atom stereocenters. The van der Waals surface area contributed by atoms with Crippen LogP contribution in [-0.2, 0) is 13.0 Å². The summed E-state index contributed by atoms with van der Waals surface area (Å²) in [7, 11) is 2.01. The molecule has 1 heterocycles. The van der Waals surface area contributed by atoms with Crippen molar-refractivity contribution in [3.63, 3.8) is 0 Å². The molecule has 96 valence electrons. The van der Waals surface area contributed by atoms with Crippen LogP contribution in [0.15, 0.2) is 4.42 Å². The van der Waals surface area contributed by atoms with E-state index in [9.17, 15) is 5.11 Å². The number of hydrogen-bond acceptors (Lipinski definition) is 5. The Bertz CT molecular complexity index is 353. The predicted molar refractivity (Wildman–Crippen MR) is 63.4 cm³/mol. The van der Waals surface area contributed by atoms with Gasteiger partial charge in [0.2, 0.25) is 11.8 Å². The largest absolute Gasteiger partial charge is 0.424 e. The Kier molecular flexibility index (Phi) is 4.12. The first-order valence-corrected chi connectivity index (χ1v) is 6.40. The molecular weight excluding hydrogens is 218 g/mol. The summed E-state index contributed by atoms with van der Waals surface area (Å²) in [4.78, 5) is 2.12. The van der Waals surface area contributed by atoms with Crippen LogP contribution in [0.3, 0.4) is 0 Å². The Morgan fingerprint density at radius 2 is 2.00 bits per heavy atom. The lowest BCUT2D eigenvalue weighted by Crippen LogP contribution is -2.42. The minimum atomic E-state index is -0.220. The quantitative estimate of drug-likeness (QED) is 0.859. The summed E-state index contributed by atoms with van der Waals surface area (Å²) in [6.07, 6.45) is 4.82. The summed E-state index contributed by atoms with van der Waals surface area (Å²) >= 11 is 0. The van der Waals surface area contributed by atoms with Gasteiger partial charge in [0.05, 0.1) is 12.6 Å². The summed E-state index contributed by atoms with van der Waals surface area (Å²) < 4.78 is 5.48. The molecule has 2 rings (SSSR count). The summed E-state index contributed by atoms with van der Waals surface area (Å²) in [6, 6.07) is 0.223. The highest BCUT2D eigenvalue weighted by atomic mass is 16.4. The summed E-state index contributed by atoms with van der Waals surface area (Å²) in [5.41, 5.74) is 0. The fraction of sp³-hybridized carbons (Fsp3) is 0.833. The molecule has 5 nitrogen and oxygen atoms in total. The monoisotopic (exact) mass is 239 g/mol. The molecule has 1 fully saturated rings. The topological polar surface area (TPSA) is 62.4 Å². The molecule has 1 aliphatic rings. The highest BCUT2D eigenvalue weighted by molar-refractivity contribution is 4.86. The van der Waals surface area contributed by atoms with E-state index in [1.165, 1.54) is 6.42 Å². The van der Waals surface area contributed by atoms with E-state index in [-0.39, 0.29) is 12.1 Å². The molecule has 0 radical (unpaired) electrons. The van der Waals surface area contributed by atoms with Gasteiger partial charge in [-0.05, 0) is 19.9 Å². The molecule has 0 spiro atoms. The number of aliphatic hydroxyl groups excluding tert-OH is 1. The van der Waals surface area contributed by atoms with Gasteiger partial charge in [0.1, 0.15) is 0 Å². The maximum atomic E-state index is 9.96. The zero-order valence-corrected chi connectivity index (χ0v) is 10.6. The molecule has 17 heavy (non-hydrogen) atoms. The average molecular weight is 239 g/mol. The highest BCUT2D eigenvalue weighted by Crippen LogP contribution is 2.23. The molecule has 0 aromatic carbocycles. The first-order valence-electron chi connectivity index (χ1n) is 6.40. The molecule has 5 heteroatoms. The minimum Gasteiger partial charge on any atom is -0.424 e. The van der Waals surface area contributed by atoms with Gasteiger partial charge >= 0.3 is 0 Å². The third kappa shape index (κ3) is 3.04. The van der Waals surface area contributed by atoms with Crippen molar-refractivity contribution >= 4 is 0 Å². The summed E-state index contributed by atoms with van der Waals surface area (Å²) in [5, 5.41) is 17.9. The summed E-state index contributed by atoms with van der Waals surface area (Å²) in [6.45, 7) is 2.61. The smallest absolute Gasteiger partial charge is 0.230 e. The van der Waals surface area contributed by atoms with Gasteiger partial charge in [0, 0.05) is 12.5 Å². The number of aliphatic hydroxyl groups is 1. The third-order valence-corrected chi connectivity index (χ3v) is 3.46. The fourth-order valence-electron chi connectivity index (χ4n) is 2.43. The van der Waals surface area contributed by atoms with Crippen LogP contribution in [0.25, 0.3) is 0 Å². The molecule has 1 aliphatic carbocycles. The van der Waals surface area contributed by atoms with E-state index in [0.29, 0.717) is 18.3 Å². The number of aromatic nitrogens is 2. The Labute approximate surface area is 102 Å². The second-order valence-electron chi connectivity index (χ2n) is 4.78. The summed E-state index contributed by atoms with van der Waals surface area (Å²) in [5.74, 6) is 1.32. The minimum absolute atomic E-state index is 0.220. The van der Waals surface area contributed by atoms with Crippen molar-refractivity contribution in [2.75, 3.05) is 7.05 Å². The SMILES string of the molecule is CCc1nnc(CN(C)C2CCCCC2O)o1. The second-order valence-corrected chi connectivity index (χ2v) is 4.78. The molecule has 0 amide bonds. The first kappa shape index (κ1) is 12.5. The molecule has 0 bridgehead atoms. The molecular formula is C12H21N3O2. The van der Waals surface area contributed by atoms with E-state index in [1.807, 2.05) is 14.0 Å². The lowest BCUT2D eigenvalue weighted by molar-refractivity contribution is 0.0254. The molecule has 1 saturated carbocycles. The van der Waals surface area contributed by atoms with E-state index in [0.717, 1.165) is 25.7 Å². The number of rotatable bonds is 4. The van der Waals surface area contributed by atoms with Crippen LogP contribution < -0.4 is 0 Å². The third-order valence-electron chi connectivity index (χ3n) is 3.46. The van der Waals surface area contributed by atoms with Crippen molar-refractivity contribution < 1.29 is 9.52 Å². The fourth-order valence-corrected chi connectivity index (χ4v) is 2.43. The number of aryl methyl sites for hydroxylation is 1. The highest BCUT2D eigenvalue weighted by Gasteiger charge is 2.27. The molecule has 1 N–H and O–H groups in total. The van der Waals surface area contributed by atoms with E-state index >= 15 is 0 Å². The number of hydrogen-bond donors (Lipinski definition) is 1. The van der Waals surface area contributed by atoms with Crippen molar-refractivity contribution in [2.45, 2.75) is 57.7 Å². The van der Waals surface area contributed by atoms with Crippen LogP contribution in [0.4, 0.5) is 0 Å². The van der Waals surface area contributed by atoms with Gasteiger partial charge in [-0.15, -0.1) is 10.2 Å². The van der Waals surface area contributed by atoms with E-state index in [2.05, 4.69) is 15.1 Å². The molecule has 0 aliphatic heterocycles. The van der Waals surface area contributed by atoms with Gasteiger partial charge in [0.25, 0.3) is 0 Å². The van der Waals surface area contributed by atoms with Gasteiger partial charge in [-0.1, -0.05) is 19.8 Å². The van der Waals surface area contributed by atoms with Crippen molar-refractivity contribution in [1.29, 1.82) is 0 Å².